The zero-order valence-electron chi connectivity index (χ0n) is 11.0. The largest absolute Gasteiger partial charge is 0.313 e. The lowest BCUT2D eigenvalue weighted by atomic mass is 10.2. The van der Waals surface area contributed by atoms with Crippen molar-refractivity contribution in [2.45, 2.75) is 24.8 Å². The molecule has 0 heterocycles. The molecule has 0 aliphatic heterocycles. The first-order valence-corrected chi connectivity index (χ1v) is 9.16. The summed E-state index contributed by atoms with van der Waals surface area (Å²) in [5.74, 6) is 0.845. The first kappa shape index (κ1) is 15.5. The van der Waals surface area contributed by atoms with E-state index in [0.717, 1.165) is 19.5 Å². The highest BCUT2D eigenvalue weighted by Crippen LogP contribution is 2.22. The van der Waals surface area contributed by atoms with Gasteiger partial charge in [0.25, 0.3) is 0 Å². The van der Waals surface area contributed by atoms with E-state index in [0.29, 0.717) is 5.75 Å². The predicted molar refractivity (Wildman–Crippen MR) is 78.9 cm³/mol. The molecule has 0 atom stereocenters. The molecular weight excluding hydrogens is 266 g/mol. The van der Waals surface area contributed by atoms with Gasteiger partial charge < -0.3 is 5.32 Å². The summed E-state index contributed by atoms with van der Waals surface area (Å²) in [5.41, 5.74) is 1.24. The van der Waals surface area contributed by atoms with Crippen LogP contribution in [0.1, 0.15) is 18.9 Å². The Kier molecular flexibility index (Phi) is 6.75. The molecule has 0 unspecified atom stereocenters. The van der Waals surface area contributed by atoms with Crippen molar-refractivity contribution >= 4 is 21.6 Å². The Morgan fingerprint density at radius 3 is 2.67 bits per heavy atom. The molecule has 0 spiro atoms. The van der Waals surface area contributed by atoms with E-state index < -0.39 is 9.84 Å². The van der Waals surface area contributed by atoms with E-state index in [1.807, 2.05) is 12.1 Å². The van der Waals surface area contributed by atoms with Crippen LogP contribution in [0.3, 0.4) is 0 Å². The SMILES string of the molecule is CCCNCc1ccccc1SCCS(C)(=O)=O. The highest BCUT2D eigenvalue weighted by molar-refractivity contribution is 8.00. The highest BCUT2D eigenvalue weighted by atomic mass is 32.2. The molecule has 0 aromatic heterocycles. The molecule has 3 nitrogen and oxygen atoms in total. The average molecular weight is 287 g/mol. The number of hydrogen-bond donors (Lipinski definition) is 1. The zero-order valence-corrected chi connectivity index (χ0v) is 12.6. The fourth-order valence-corrected chi connectivity index (χ4v) is 3.76. The predicted octanol–water partition coefficient (Wildman–Crippen LogP) is 2.32. The number of rotatable bonds is 8. The van der Waals surface area contributed by atoms with Crippen LogP contribution in [0.15, 0.2) is 29.2 Å². The fraction of sp³-hybridized carbons (Fsp3) is 0.538. The van der Waals surface area contributed by atoms with Crippen molar-refractivity contribution in [3.8, 4) is 0 Å². The third-order valence-corrected chi connectivity index (χ3v) is 4.75. The summed E-state index contributed by atoms with van der Waals surface area (Å²) < 4.78 is 22.2. The van der Waals surface area contributed by atoms with Crippen molar-refractivity contribution in [1.82, 2.24) is 5.32 Å². The molecule has 0 radical (unpaired) electrons. The molecule has 0 bridgehead atoms. The van der Waals surface area contributed by atoms with Crippen molar-refractivity contribution in [2.24, 2.45) is 0 Å². The van der Waals surface area contributed by atoms with Gasteiger partial charge in [0.2, 0.25) is 0 Å². The van der Waals surface area contributed by atoms with E-state index in [2.05, 4.69) is 24.4 Å². The third-order valence-electron chi connectivity index (χ3n) is 2.43. The van der Waals surface area contributed by atoms with Crippen LogP contribution in [0.5, 0.6) is 0 Å². The van der Waals surface area contributed by atoms with Crippen LogP contribution in [0.25, 0.3) is 0 Å². The normalized spacial score (nSPS) is 11.7. The van der Waals surface area contributed by atoms with Crippen LogP contribution < -0.4 is 5.32 Å². The van der Waals surface area contributed by atoms with Crippen LogP contribution in [-0.2, 0) is 16.4 Å². The number of benzene rings is 1. The van der Waals surface area contributed by atoms with Gasteiger partial charge in [0.15, 0.2) is 0 Å². The minimum absolute atomic E-state index is 0.231. The lowest BCUT2D eigenvalue weighted by Gasteiger charge is -2.09. The lowest BCUT2D eigenvalue weighted by Crippen LogP contribution is -2.14. The van der Waals surface area contributed by atoms with Crippen molar-refractivity contribution in [1.29, 1.82) is 0 Å². The summed E-state index contributed by atoms with van der Waals surface area (Å²) in [7, 11) is -2.86. The Morgan fingerprint density at radius 2 is 2.00 bits per heavy atom. The molecule has 0 saturated carbocycles. The molecule has 0 saturated heterocycles. The lowest BCUT2D eigenvalue weighted by molar-refractivity contribution is 0.603. The summed E-state index contributed by atoms with van der Waals surface area (Å²) >= 11 is 1.61. The van der Waals surface area contributed by atoms with E-state index in [1.165, 1.54) is 16.7 Å². The van der Waals surface area contributed by atoms with E-state index in [-0.39, 0.29) is 5.75 Å². The molecular formula is C13H21NO2S2. The Morgan fingerprint density at radius 1 is 1.28 bits per heavy atom. The van der Waals surface area contributed by atoms with Crippen LogP contribution in [0.2, 0.25) is 0 Å². The number of hydrogen-bond acceptors (Lipinski definition) is 4. The first-order chi connectivity index (χ1) is 8.53. The number of thioether (sulfide) groups is 1. The van der Waals surface area contributed by atoms with E-state index in [4.69, 9.17) is 0 Å². The van der Waals surface area contributed by atoms with Crippen LogP contribution in [0, 0.1) is 0 Å². The maximum atomic E-state index is 11.1. The van der Waals surface area contributed by atoms with Crippen molar-refractivity contribution in [3.05, 3.63) is 29.8 Å². The van der Waals surface area contributed by atoms with Crippen molar-refractivity contribution < 1.29 is 8.42 Å². The fourth-order valence-electron chi connectivity index (χ4n) is 1.49. The molecule has 18 heavy (non-hydrogen) atoms. The summed E-state index contributed by atoms with van der Waals surface area (Å²) in [6.07, 6.45) is 2.39. The third kappa shape index (κ3) is 6.42. The maximum Gasteiger partial charge on any atom is 0.148 e. The minimum Gasteiger partial charge on any atom is -0.313 e. The molecule has 0 fully saturated rings. The van der Waals surface area contributed by atoms with Gasteiger partial charge in [-0.2, -0.15) is 0 Å². The van der Waals surface area contributed by atoms with Gasteiger partial charge in [-0.05, 0) is 24.6 Å². The summed E-state index contributed by atoms with van der Waals surface area (Å²) in [4.78, 5) is 1.17. The highest BCUT2D eigenvalue weighted by Gasteiger charge is 2.05. The Bertz CT molecular complexity index is 458. The van der Waals surface area contributed by atoms with Crippen molar-refractivity contribution in [3.63, 3.8) is 0 Å². The van der Waals surface area contributed by atoms with Gasteiger partial charge in [0.1, 0.15) is 9.84 Å². The van der Waals surface area contributed by atoms with Crippen LogP contribution in [0.4, 0.5) is 0 Å². The Balaban J connectivity index is 2.53. The molecule has 1 aromatic carbocycles. The summed E-state index contributed by atoms with van der Waals surface area (Å²) in [6.45, 7) is 3.98. The molecule has 1 N–H and O–H groups in total. The number of nitrogens with one attached hydrogen (secondary N) is 1. The zero-order chi connectivity index (χ0) is 13.4. The van der Waals surface area contributed by atoms with Crippen LogP contribution >= 0.6 is 11.8 Å². The molecule has 5 heteroatoms. The molecule has 0 aliphatic carbocycles. The molecule has 1 rings (SSSR count). The first-order valence-electron chi connectivity index (χ1n) is 6.12. The summed E-state index contributed by atoms with van der Waals surface area (Å²) in [5, 5.41) is 3.37. The second kappa shape index (κ2) is 7.81. The molecule has 0 amide bonds. The molecule has 102 valence electrons. The molecule has 0 aliphatic rings. The smallest absolute Gasteiger partial charge is 0.148 e. The Hall–Kier alpha value is -0.520. The maximum absolute atomic E-state index is 11.1. The van der Waals surface area contributed by atoms with Gasteiger partial charge in [-0.15, -0.1) is 11.8 Å². The Labute approximate surface area is 114 Å². The van der Waals surface area contributed by atoms with E-state index in [9.17, 15) is 8.42 Å². The van der Waals surface area contributed by atoms with E-state index in [1.54, 1.807) is 11.8 Å². The van der Waals surface area contributed by atoms with Gasteiger partial charge in [-0.3, -0.25) is 0 Å². The monoisotopic (exact) mass is 287 g/mol. The van der Waals surface area contributed by atoms with Gasteiger partial charge in [0.05, 0.1) is 5.75 Å². The van der Waals surface area contributed by atoms with Crippen molar-refractivity contribution in [2.75, 3.05) is 24.3 Å². The topological polar surface area (TPSA) is 46.2 Å². The minimum atomic E-state index is -2.86. The quantitative estimate of drug-likeness (QED) is 0.589. The molecule has 1 aromatic rings. The second-order valence-electron chi connectivity index (χ2n) is 4.26. The van der Waals surface area contributed by atoms with Gasteiger partial charge in [-0.1, -0.05) is 25.1 Å². The van der Waals surface area contributed by atoms with Gasteiger partial charge in [0, 0.05) is 23.4 Å². The van der Waals surface area contributed by atoms with E-state index >= 15 is 0 Å². The second-order valence-corrected chi connectivity index (χ2v) is 7.66. The summed E-state index contributed by atoms with van der Waals surface area (Å²) in [6, 6.07) is 8.15. The average Bonchev–Trinajstić information content (AvgIpc) is 2.30. The van der Waals surface area contributed by atoms with Gasteiger partial charge >= 0.3 is 0 Å². The van der Waals surface area contributed by atoms with Gasteiger partial charge in [-0.25, -0.2) is 8.42 Å². The standard InChI is InChI=1S/C13H21NO2S2/c1-3-8-14-11-12-6-4-5-7-13(12)17-9-10-18(2,15)16/h4-7,14H,3,8-11H2,1-2H3. The van der Waals surface area contributed by atoms with Crippen LogP contribution in [-0.4, -0.2) is 32.7 Å². The number of sulfone groups is 1.